The summed E-state index contributed by atoms with van der Waals surface area (Å²) in [5, 5.41) is 16.0. The van der Waals surface area contributed by atoms with Crippen LogP contribution in [-0.2, 0) is 4.79 Å². The van der Waals surface area contributed by atoms with Crippen LogP contribution in [0.15, 0.2) is 99.8 Å². The smallest absolute Gasteiger partial charge is 0.269 e. The van der Waals surface area contributed by atoms with Crippen molar-refractivity contribution < 1.29 is 9.53 Å². The zero-order valence-corrected chi connectivity index (χ0v) is 27.7. The molecule has 2 aliphatic heterocycles. The molecule has 4 rings (SSSR count). The second-order valence-corrected chi connectivity index (χ2v) is 11.2. The molecule has 0 unspecified atom stereocenters. The second kappa shape index (κ2) is 17.7. The minimum atomic E-state index is -0.102. The molecular formula is C34H41N5O2S2. The van der Waals surface area contributed by atoms with Gasteiger partial charge in [-0.05, 0) is 69.3 Å². The zero-order chi connectivity index (χ0) is 31.9. The molecule has 0 saturated carbocycles. The minimum Gasteiger partial charge on any atom is -0.497 e. The van der Waals surface area contributed by atoms with E-state index in [0.717, 1.165) is 40.7 Å². The van der Waals surface area contributed by atoms with Crippen molar-refractivity contribution in [2.24, 2.45) is 4.99 Å². The molecule has 0 aromatic heterocycles. The molecule has 2 aromatic rings. The number of likely N-dealkylation sites (N-methyl/N-ethyl adjacent to an activating group) is 1. The predicted octanol–water partition coefficient (Wildman–Crippen LogP) is 8.76. The Labute approximate surface area is 265 Å². The number of allylic oxidation sites excluding steroid dienone is 4. The van der Waals surface area contributed by atoms with Crippen LogP contribution in [0.25, 0.3) is 5.70 Å². The summed E-state index contributed by atoms with van der Waals surface area (Å²) >= 11 is 2.86. The lowest BCUT2D eigenvalue weighted by Crippen LogP contribution is -2.24. The molecule has 43 heavy (non-hydrogen) atoms. The summed E-state index contributed by atoms with van der Waals surface area (Å²) in [6.07, 6.45) is 6.69. The van der Waals surface area contributed by atoms with Crippen LogP contribution in [0, 0.1) is 11.3 Å². The number of hydrogen-bond donors (Lipinski definition) is 1. The highest BCUT2D eigenvalue weighted by molar-refractivity contribution is 8.19. The number of rotatable bonds is 7. The highest BCUT2D eigenvalue weighted by Crippen LogP contribution is 2.46. The average molecular weight is 616 g/mol. The van der Waals surface area contributed by atoms with E-state index in [1.54, 1.807) is 37.3 Å². The van der Waals surface area contributed by atoms with Gasteiger partial charge in [-0.25, -0.2) is 4.99 Å². The fourth-order valence-electron chi connectivity index (χ4n) is 3.58. The molecule has 0 aliphatic carbocycles. The summed E-state index contributed by atoms with van der Waals surface area (Å²) in [5.74, 6) is 0.680. The van der Waals surface area contributed by atoms with Crippen molar-refractivity contribution in [3.05, 3.63) is 106 Å². The molecule has 0 radical (unpaired) electrons. The van der Waals surface area contributed by atoms with E-state index in [9.17, 15) is 10.1 Å². The molecule has 1 saturated heterocycles. The lowest BCUT2D eigenvalue weighted by atomic mass is 10.1. The van der Waals surface area contributed by atoms with E-state index >= 15 is 0 Å². The number of anilines is 1. The van der Waals surface area contributed by atoms with Crippen LogP contribution in [-0.4, -0.2) is 48.6 Å². The predicted molar refractivity (Wildman–Crippen MR) is 186 cm³/mol. The van der Waals surface area contributed by atoms with Crippen LogP contribution >= 0.6 is 23.5 Å². The van der Waals surface area contributed by atoms with Gasteiger partial charge in [-0.1, -0.05) is 61.2 Å². The van der Waals surface area contributed by atoms with Gasteiger partial charge in [0.15, 0.2) is 5.17 Å². The molecule has 2 heterocycles. The maximum absolute atomic E-state index is 13.1. The highest BCUT2D eigenvalue weighted by Gasteiger charge is 2.36. The van der Waals surface area contributed by atoms with Crippen LogP contribution in [0.2, 0.25) is 0 Å². The molecule has 0 spiro atoms. The molecular weight excluding hydrogens is 575 g/mol. The standard InChI is InChI=1S/C24H23N5O2S2.C5H10.C5H8/c1-5-26-18-10-9-15(13-25)11-19(18)27-24-29(3)22(30)21(33-24)23-28(2)20(14-32-23)16-7-6-8-17(12-16)31-4;1-4-5(2)3;1-3-5-4-2/h6-12,14,26H,5H2,1-4H3;2,4H2,1,3H3;3-5H,1H2,2H3/b23-21-,27-24?;;5-4-. The summed E-state index contributed by atoms with van der Waals surface area (Å²) in [7, 11) is 5.32. The van der Waals surface area contributed by atoms with E-state index in [2.05, 4.69) is 31.5 Å². The number of amides is 1. The number of ether oxygens (including phenoxy) is 1. The molecule has 2 aliphatic rings. The average Bonchev–Trinajstić information content (AvgIpc) is 3.53. The number of nitrogens with one attached hydrogen (secondary N) is 1. The summed E-state index contributed by atoms with van der Waals surface area (Å²) in [6, 6.07) is 15.3. The number of aliphatic imine (C=N–C) groups is 1. The van der Waals surface area contributed by atoms with Gasteiger partial charge in [-0.15, -0.1) is 6.58 Å². The molecule has 1 N–H and O–H groups in total. The molecule has 0 atom stereocenters. The topological polar surface area (TPSA) is 81.0 Å². The molecule has 2 aromatic carbocycles. The number of methoxy groups -OCH3 is 1. The van der Waals surface area contributed by atoms with Gasteiger partial charge in [0.2, 0.25) is 0 Å². The number of carbonyl (C=O) groups excluding carboxylic acids is 1. The van der Waals surface area contributed by atoms with Crippen molar-refractivity contribution in [3.63, 3.8) is 0 Å². The summed E-state index contributed by atoms with van der Waals surface area (Å²) in [6.45, 7) is 15.9. The molecule has 0 bridgehead atoms. The van der Waals surface area contributed by atoms with Gasteiger partial charge in [-0.2, -0.15) is 5.26 Å². The first-order chi connectivity index (χ1) is 20.6. The maximum Gasteiger partial charge on any atom is 0.269 e. The molecule has 226 valence electrons. The number of thioether (sulfide) groups is 2. The first-order valence-corrected chi connectivity index (χ1v) is 15.5. The minimum absolute atomic E-state index is 0.102. The lowest BCUT2D eigenvalue weighted by molar-refractivity contribution is -0.121. The fraction of sp³-hybridized carbons (Fsp3) is 0.265. The number of hydrogen-bond acceptors (Lipinski definition) is 8. The number of nitriles is 1. The van der Waals surface area contributed by atoms with Crippen molar-refractivity contribution in [1.29, 1.82) is 5.26 Å². The Balaban J connectivity index is 0.000000559. The van der Waals surface area contributed by atoms with E-state index in [-0.39, 0.29) is 5.91 Å². The summed E-state index contributed by atoms with van der Waals surface area (Å²) in [4.78, 5) is 22.1. The molecule has 1 amide bonds. The zero-order valence-electron chi connectivity index (χ0n) is 26.1. The van der Waals surface area contributed by atoms with E-state index in [1.165, 1.54) is 29.1 Å². The van der Waals surface area contributed by atoms with Crippen LogP contribution in [0.1, 0.15) is 45.2 Å². The number of nitrogens with zero attached hydrogens (tertiary/aromatic N) is 4. The quantitative estimate of drug-likeness (QED) is 0.189. The molecule has 7 nitrogen and oxygen atoms in total. The molecule has 9 heteroatoms. The highest BCUT2D eigenvalue weighted by atomic mass is 32.2. The van der Waals surface area contributed by atoms with E-state index in [1.807, 2.05) is 80.6 Å². The Morgan fingerprint density at radius 1 is 1.19 bits per heavy atom. The SMILES string of the molecule is C=C(C)CC.C=C/C=C\C.CCNc1ccc(C#N)cc1N=C1S/C(=C2\SC=C(c3cccc(OC)c3)N2C)C(=O)N1C. The van der Waals surface area contributed by atoms with E-state index < -0.39 is 0 Å². The summed E-state index contributed by atoms with van der Waals surface area (Å²) in [5.41, 5.74) is 5.24. The number of carbonyl (C=O) groups is 1. The van der Waals surface area contributed by atoms with Gasteiger partial charge in [0.05, 0.1) is 40.8 Å². The van der Waals surface area contributed by atoms with Crippen molar-refractivity contribution in [2.45, 2.75) is 34.1 Å². The van der Waals surface area contributed by atoms with E-state index in [4.69, 9.17) is 9.73 Å². The van der Waals surface area contributed by atoms with Crippen molar-refractivity contribution in [2.75, 3.05) is 33.1 Å². The van der Waals surface area contributed by atoms with Crippen LogP contribution in [0.5, 0.6) is 5.75 Å². The van der Waals surface area contributed by atoms with Crippen LogP contribution in [0.4, 0.5) is 11.4 Å². The molecule has 1 fully saturated rings. The second-order valence-electron chi connectivity index (χ2n) is 9.35. The van der Waals surface area contributed by atoms with Gasteiger partial charge in [-0.3, -0.25) is 9.69 Å². The Morgan fingerprint density at radius 3 is 2.47 bits per heavy atom. The fourth-order valence-corrected chi connectivity index (χ4v) is 5.81. The Morgan fingerprint density at radius 2 is 1.91 bits per heavy atom. The monoisotopic (exact) mass is 615 g/mol. The Hall–Kier alpha value is -4.13. The van der Waals surface area contributed by atoms with Gasteiger partial charge >= 0.3 is 0 Å². The first kappa shape index (κ1) is 35.1. The van der Waals surface area contributed by atoms with Crippen LogP contribution in [0.3, 0.4) is 0 Å². The van der Waals surface area contributed by atoms with Crippen molar-refractivity contribution >= 4 is 51.7 Å². The van der Waals surface area contributed by atoms with Gasteiger partial charge < -0.3 is 15.0 Å². The van der Waals surface area contributed by atoms with Gasteiger partial charge in [0.1, 0.15) is 10.7 Å². The largest absolute Gasteiger partial charge is 0.497 e. The Bertz CT molecular complexity index is 1480. The third-order valence-electron chi connectivity index (χ3n) is 6.13. The van der Waals surface area contributed by atoms with Gasteiger partial charge in [0.25, 0.3) is 5.91 Å². The third-order valence-corrected chi connectivity index (χ3v) is 8.42. The van der Waals surface area contributed by atoms with E-state index in [0.29, 0.717) is 21.3 Å². The number of benzene rings is 2. The van der Waals surface area contributed by atoms with Crippen molar-refractivity contribution in [1.82, 2.24) is 9.80 Å². The number of amidine groups is 1. The Kier molecular flexibility index (Phi) is 14.5. The third kappa shape index (κ3) is 9.70. The maximum atomic E-state index is 13.1. The van der Waals surface area contributed by atoms with Gasteiger partial charge in [0, 0.05) is 31.6 Å². The first-order valence-electron chi connectivity index (χ1n) is 13.8. The van der Waals surface area contributed by atoms with Crippen LogP contribution < -0.4 is 10.1 Å². The lowest BCUT2D eigenvalue weighted by Gasteiger charge is -2.19. The summed E-state index contributed by atoms with van der Waals surface area (Å²) < 4.78 is 5.35. The normalized spacial score (nSPS) is 16.7. The van der Waals surface area contributed by atoms with Crippen molar-refractivity contribution in [3.8, 4) is 11.8 Å².